The molecule has 0 saturated carbocycles. The molecule has 150 valence electrons. The van der Waals surface area contributed by atoms with E-state index in [-0.39, 0.29) is 24.3 Å². The van der Waals surface area contributed by atoms with Crippen LogP contribution in [0.15, 0.2) is 59.1 Å². The molecular weight excluding hydrogens is 432 g/mol. The van der Waals surface area contributed by atoms with Crippen LogP contribution in [0, 0.1) is 6.92 Å². The number of nitrogens with one attached hydrogen (secondary N) is 2. The van der Waals surface area contributed by atoms with Crippen molar-refractivity contribution in [3.8, 4) is 5.75 Å². The Morgan fingerprint density at radius 1 is 1.03 bits per heavy atom. The monoisotopic (exact) mass is 454 g/mol. The fourth-order valence-electron chi connectivity index (χ4n) is 3.07. The van der Waals surface area contributed by atoms with E-state index in [4.69, 9.17) is 4.74 Å². The number of amides is 2. The van der Waals surface area contributed by atoms with Gasteiger partial charge in [0.2, 0.25) is 11.8 Å². The van der Waals surface area contributed by atoms with Gasteiger partial charge in [0, 0.05) is 10.2 Å². The zero-order valence-electron chi connectivity index (χ0n) is 16.6. The number of hydrogen-bond acceptors (Lipinski definition) is 3. The summed E-state index contributed by atoms with van der Waals surface area (Å²) in [6, 6.07) is 17.3. The number of benzene rings is 3. The number of anilines is 1. The van der Waals surface area contributed by atoms with Gasteiger partial charge in [-0.1, -0.05) is 40.2 Å². The Hall–Kier alpha value is -2.86. The molecule has 0 unspecified atom stereocenters. The molecule has 3 aromatic rings. The molecule has 3 rings (SSSR count). The zero-order chi connectivity index (χ0) is 21.0. The van der Waals surface area contributed by atoms with E-state index in [1.54, 1.807) is 7.11 Å². The van der Waals surface area contributed by atoms with E-state index < -0.39 is 0 Å². The first-order valence-electron chi connectivity index (χ1n) is 9.29. The first-order valence-corrected chi connectivity index (χ1v) is 10.1. The predicted molar refractivity (Wildman–Crippen MR) is 119 cm³/mol. The fraction of sp³-hybridized carbons (Fsp3) is 0.217. The highest BCUT2D eigenvalue weighted by atomic mass is 79.9. The molecule has 0 aliphatic heterocycles. The van der Waals surface area contributed by atoms with Crippen LogP contribution in [0.3, 0.4) is 0 Å². The molecule has 0 aliphatic rings. The molecule has 0 bridgehead atoms. The highest BCUT2D eigenvalue weighted by Crippen LogP contribution is 2.25. The minimum Gasteiger partial charge on any atom is -0.497 e. The van der Waals surface area contributed by atoms with Crippen molar-refractivity contribution < 1.29 is 14.3 Å². The lowest BCUT2D eigenvalue weighted by Gasteiger charge is -2.14. The molecule has 0 saturated heterocycles. The Labute approximate surface area is 178 Å². The van der Waals surface area contributed by atoms with Crippen molar-refractivity contribution in [1.82, 2.24) is 5.32 Å². The van der Waals surface area contributed by atoms with Gasteiger partial charge in [-0.05, 0) is 66.1 Å². The molecule has 0 aromatic heterocycles. The SMILES string of the molecule is COc1ccc2cc([C@H](C)C(=O)NCC(=O)Nc3ccc(Br)cc3C)ccc2c1. The van der Waals surface area contributed by atoms with Crippen LogP contribution >= 0.6 is 15.9 Å². The van der Waals surface area contributed by atoms with Gasteiger partial charge in [-0.2, -0.15) is 0 Å². The van der Waals surface area contributed by atoms with Crippen molar-refractivity contribution in [2.45, 2.75) is 19.8 Å². The van der Waals surface area contributed by atoms with E-state index >= 15 is 0 Å². The predicted octanol–water partition coefficient (Wildman–Crippen LogP) is 4.78. The van der Waals surface area contributed by atoms with Gasteiger partial charge in [0.05, 0.1) is 19.6 Å². The van der Waals surface area contributed by atoms with Gasteiger partial charge in [0.1, 0.15) is 5.75 Å². The van der Waals surface area contributed by atoms with Crippen LogP contribution in [0.5, 0.6) is 5.75 Å². The summed E-state index contributed by atoms with van der Waals surface area (Å²) in [5.74, 6) is -0.0334. The van der Waals surface area contributed by atoms with Crippen molar-refractivity contribution in [3.63, 3.8) is 0 Å². The standard InChI is InChI=1S/C23H23BrN2O3/c1-14-10-19(24)7-9-21(14)26-22(27)13-25-23(28)15(2)16-4-5-18-12-20(29-3)8-6-17(18)11-16/h4-12,15H,13H2,1-3H3,(H,25,28)(H,26,27)/t15-/m0/s1. The highest BCUT2D eigenvalue weighted by molar-refractivity contribution is 9.10. The van der Waals surface area contributed by atoms with Crippen molar-refractivity contribution in [2.24, 2.45) is 0 Å². The van der Waals surface area contributed by atoms with Crippen LogP contribution in [-0.4, -0.2) is 25.5 Å². The van der Waals surface area contributed by atoms with Gasteiger partial charge in [-0.25, -0.2) is 0 Å². The number of carbonyl (C=O) groups excluding carboxylic acids is 2. The Morgan fingerprint density at radius 2 is 1.76 bits per heavy atom. The summed E-state index contributed by atoms with van der Waals surface area (Å²) < 4.78 is 6.19. The largest absolute Gasteiger partial charge is 0.497 e. The summed E-state index contributed by atoms with van der Waals surface area (Å²) in [7, 11) is 1.64. The number of fused-ring (bicyclic) bond motifs is 1. The zero-order valence-corrected chi connectivity index (χ0v) is 18.2. The van der Waals surface area contributed by atoms with Crippen LogP contribution in [0.25, 0.3) is 10.8 Å². The second kappa shape index (κ2) is 9.09. The maximum absolute atomic E-state index is 12.5. The molecule has 1 atom stereocenters. The third-order valence-electron chi connectivity index (χ3n) is 4.85. The smallest absolute Gasteiger partial charge is 0.243 e. The molecule has 2 N–H and O–H groups in total. The fourth-order valence-corrected chi connectivity index (χ4v) is 3.55. The molecule has 2 amide bonds. The van der Waals surface area contributed by atoms with E-state index in [1.807, 2.05) is 68.4 Å². The topological polar surface area (TPSA) is 67.4 Å². The number of methoxy groups -OCH3 is 1. The quantitative estimate of drug-likeness (QED) is 0.563. The van der Waals surface area contributed by atoms with Gasteiger partial charge >= 0.3 is 0 Å². The maximum Gasteiger partial charge on any atom is 0.243 e. The summed E-state index contributed by atoms with van der Waals surface area (Å²) in [4.78, 5) is 24.7. The van der Waals surface area contributed by atoms with Crippen LogP contribution in [-0.2, 0) is 9.59 Å². The van der Waals surface area contributed by atoms with Crippen molar-refractivity contribution in [3.05, 3.63) is 70.2 Å². The molecule has 3 aromatic carbocycles. The van der Waals surface area contributed by atoms with Crippen LogP contribution in [0.1, 0.15) is 24.0 Å². The average molecular weight is 455 g/mol. The average Bonchev–Trinajstić information content (AvgIpc) is 2.72. The van der Waals surface area contributed by atoms with Crippen LogP contribution < -0.4 is 15.4 Å². The third-order valence-corrected chi connectivity index (χ3v) is 5.34. The summed E-state index contributed by atoms with van der Waals surface area (Å²) >= 11 is 3.40. The number of carbonyl (C=O) groups is 2. The third kappa shape index (κ3) is 5.15. The lowest BCUT2D eigenvalue weighted by atomic mass is 9.97. The van der Waals surface area contributed by atoms with Crippen molar-refractivity contribution >= 4 is 44.2 Å². The minimum atomic E-state index is -0.372. The summed E-state index contributed by atoms with van der Waals surface area (Å²) in [6.07, 6.45) is 0. The summed E-state index contributed by atoms with van der Waals surface area (Å²) in [5, 5.41) is 7.62. The first kappa shape index (κ1) is 20.9. The molecular formula is C23H23BrN2O3. The molecule has 0 fully saturated rings. The van der Waals surface area contributed by atoms with E-state index in [2.05, 4.69) is 26.6 Å². The first-order chi connectivity index (χ1) is 13.9. The summed E-state index contributed by atoms with van der Waals surface area (Å²) in [5.41, 5.74) is 2.56. The van der Waals surface area contributed by atoms with E-state index in [0.29, 0.717) is 0 Å². The van der Waals surface area contributed by atoms with Crippen molar-refractivity contribution in [1.29, 1.82) is 0 Å². The Balaban J connectivity index is 1.61. The lowest BCUT2D eigenvalue weighted by molar-refractivity contribution is -0.125. The molecule has 0 radical (unpaired) electrons. The molecule has 5 nitrogen and oxygen atoms in total. The lowest BCUT2D eigenvalue weighted by Crippen LogP contribution is -2.35. The molecule has 0 aliphatic carbocycles. The van der Waals surface area contributed by atoms with Crippen molar-refractivity contribution in [2.75, 3.05) is 19.0 Å². The van der Waals surface area contributed by atoms with Gasteiger partial charge in [0.25, 0.3) is 0 Å². The maximum atomic E-state index is 12.5. The van der Waals surface area contributed by atoms with Crippen LogP contribution in [0.2, 0.25) is 0 Å². The normalized spacial score (nSPS) is 11.7. The molecule has 6 heteroatoms. The Bertz CT molecular complexity index is 1070. The number of halogens is 1. The van der Waals surface area contributed by atoms with E-state index in [1.165, 1.54) is 0 Å². The minimum absolute atomic E-state index is 0.0799. The van der Waals surface area contributed by atoms with E-state index in [9.17, 15) is 9.59 Å². The number of hydrogen-bond donors (Lipinski definition) is 2. The summed E-state index contributed by atoms with van der Waals surface area (Å²) in [6.45, 7) is 3.66. The molecule has 29 heavy (non-hydrogen) atoms. The van der Waals surface area contributed by atoms with Gasteiger partial charge in [-0.15, -0.1) is 0 Å². The van der Waals surface area contributed by atoms with Gasteiger partial charge in [0.15, 0.2) is 0 Å². The second-order valence-corrected chi connectivity index (χ2v) is 7.84. The highest BCUT2D eigenvalue weighted by Gasteiger charge is 2.17. The van der Waals surface area contributed by atoms with Crippen LogP contribution in [0.4, 0.5) is 5.69 Å². The second-order valence-electron chi connectivity index (χ2n) is 6.92. The van der Waals surface area contributed by atoms with E-state index in [0.717, 1.165) is 37.8 Å². The van der Waals surface area contributed by atoms with Gasteiger partial charge < -0.3 is 15.4 Å². The Morgan fingerprint density at radius 3 is 2.48 bits per heavy atom. The number of aryl methyl sites for hydroxylation is 1. The number of rotatable bonds is 6. The van der Waals surface area contributed by atoms with Gasteiger partial charge in [-0.3, -0.25) is 9.59 Å². The Kier molecular flexibility index (Phi) is 6.54. The number of ether oxygens (including phenoxy) is 1. The molecule has 0 heterocycles. The molecule has 0 spiro atoms.